The van der Waals surface area contributed by atoms with Gasteiger partial charge in [-0.2, -0.15) is 0 Å². The first-order valence-corrected chi connectivity index (χ1v) is 10.2. The van der Waals surface area contributed by atoms with E-state index in [1.165, 1.54) is 11.3 Å². The van der Waals surface area contributed by atoms with Crippen LogP contribution >= 0.6 is 11.3 Å². The number of carbonyl (C=O) groups is 2. The molecule has 3 aromatic rings. The van der Waals surface area contributed by atoms with Crippen LogP contribution in [0.3, 0.4) is 0 Å². The lowest BCUT2D eigenvalue weighted by molar-refractivity contribution is -0.121. The number of thiazole rings is 1. The predicted molar refractivity (Wildman–Crippen MR) is 113 cm³/mol. The van der Waals surface area contributed by atoms with Crippen LogP contribution in [-0.2, 0) is 24.1 Å². The molecule has 0 aliphatic heterocycles. The van der Waals surface area contributed by atoms with E-state index in [-0.39, 0.29) is 24.1 Å². The van der Waals surface area contributed by atoms with Crippen molar-refractivity contribution in [1.29, 1.82) is 0 Å². The van der Waals surface area contributed by atoms with E-state index in [1.54, 1.807) is 36.4 Å². The zero-order valence-electron chi connectivity index (χ0n) is 16.1. The van der Waals surface area contributed by atoms with Gasteiger partial charge in [0.1, 0.15) is 10.8 Å². The van der Waals surface area contributed by atoms with Crippen molar-refractivity contribution in [3.63, 3.8) is 0 Å². The maximum atomic E-state index is 12.6. The van der Waals surface area contributed by atoms with Crippen LogP contribution in [-0.4, -0.2) is 21.9 Å². The number of amides is 2. The van der Waals surface area contributed by atoms with Crippen LogP contribution in [0.15, 0.2) is 53.9 Å². The van der Waals surface area contributed by atoms with Crippen LogP contribution in [0.2, 0.25) is 0 Å². The summed E-state index contributed by atoms with van der Waals surface area (Å²) in [6.07, 6.45) is 1.53. The standard InChI is InChI=1S/C22H23N3O3S/c1-2-17-13-29-22(24-17)19(11-14-6-8-16(9-7-14)21(23)28)25-20(27)12-15-4-3-5-18(26)10-15/h3-10,13,19,26H,2,11-12H2,1H3,(H2,23,28)(H,25,27). The summed E-state index contributed by atoms with van der Waals surface area (Å²) in [4.78, 5) is 28.5. The molecule has 0 spiro atoms. The fraction of sp³-hybridized carbons (Fsp3) is 0.227. The first-order valence-electron chi connectivity index (χ1n) is 9.35. The second-order valence-corrected chi connectivity index (χ2v) is 7.65. The van der Waals surface area contributed by atoms with Gasteiger partial charge in [-0.25, -0.2) is 4.98 Å². The zero-order valence-corrected chi connectivity index (χ0v) is 16.9. The van der Waals surface area contributed by atoms with E-state index >= 15 is 0 Å². The van der Waals surface area contributed by atoms with Crippen LogP contribution in [0.5, 0.6) is 5.75 Å². The third-order valence-corrected chi connectivity index (χ3v) is 5.53. The molecule has 29 heavy (non-hydrogen) atoms. The predicted octanol–water partition coefficient (Wildman–Crippen LogP) is 3.15. The molecule has 7 heteroatoms. The highest BCUT2D eigenvalue weighted by molar-refractivity contribution is 7.09. The summed E-state index contributed by atoms with van der Waals surface area (Å²) < 4.78 is 0. The van der Waals surface area contributed by atoms with Crippen molar-refractivity contribution in [3.8, 4) is 5.75 Å². The molecule has 1 unspecified atom stereocenters. The van der Waals surface area contributed by atoms with Crippen molar-refractivity contribution in [2.45, 2.75) is 32.2 Å². The Balaban J connectivity index is 1.77. The van der Waals surface area contributed by atoms with Crippen molar-refractivity contribution >= 4 is 23.2 Å². The Morgan fingerprint density at radius 2 is 1.93 bits per heavy atom. The number of nitrogens with zero attached hydrogens (tertiary/aromatic N) is 1. The van der Waals surface area contributed by atoms with Crippen molar-refractivity contribution in [2.75, 3.05) is 0 Å². The second kappa shape index (κ2) is 9.34. The summed E-state index contributed by atoms with van der Waals surface area (Å²) in [5.74, 6) is -0.489. The van der Waals surface area contributed by atoms with E-state index in [9.17, 15) is 14.7 Å². The molecule has 4 N–H and O–H groups in total. The van der Waals surface area contributed by atoms with Gasteiger partial charge in [-0.15, -0.1) is 11.3 Å². The molecular weight excluding hydrogens is 386 g/mol. The van der Waals surface area contributed by atoms with Gasteiger partial charge in [-0.1, -0.05) is 31.2 Å². The molecule has 3 rings (SSSR count). The van der Waals surface area contributed by atoms with E-state index in [2.05, 4.69) is 10.3 Å². The van der Waals surface area contributed by atoms with E-state index in [0.717, 1.165) is 28.2 Å². The van der Waals surface area contributed by atoms with Crippen molar-refractivity contribution < 1.29 is 14.7 Å². The Bertz CT molecular complexity index is 999. The van der Waals surface area contributed by atoms with Gasteiger partial charge in [0.15, 0.2) is 0 Å². The maximum Gasteiger partial charge on any atom is 0.248 e. The Morgan fingerprint density at radius 1 is 1.17 bits per heavy atom. The van der Waals surface area contributed by atoms with Gasteiger partial charge in [-0.05, 0) is 48.2 Å². The Labute approximate surface area is 173 Å². The highest BCUT2D eigenvalue weighted by atomic mass is 32.1. The van der Waals surface area contributed by atoms with Crippen molar-refractivity contribution in [2.24, 2.45) is 5.73 Å². The van der Waals surface area contributed by atoms with Crippen LogP contribution in [0.1, 0.15) is 45.2 Å². The number of rotatable bonds is 8. The van der Waals surface area contributed by atoms with E-state index in [4.69, 9.17) is 5.73 Å². The Kier molecular flexibility index (Phi) is 6.61. The summed E-state index contributed by atoms with van der Waals surface area (Å²) in [6.45, 7) is 2.04. The van der Waals surface area contributed by atoms with Crippen molar-refractivity contribution in [3.05, 3.63) is 81.3 Å². The third-order valence-electron chi connectivity index (χ3n) is 4.52. The first kappa shape index (κ1) is 20.5. The second-order valence-electron chi connectivity index (χ2n) is 6.76. The molecule has 2 amide bonds. The van der Waals surface area contributed by atoms with Gasteiger partial charge < -0.3 is 16.2 Å². The van der Waals surface area contributed by atoms with Crippen molar-refractivity contribution in [1.82, 2.24) is 10.3 Å². The number of phenols is 1. The van der Waals surface area contributed by atoms with Crippen LogP contribution in [0.4, 0.5) is 0 Å². The van der Waals surface area contributed by atoms with Gasteiger partial charge in [0.2, 0.25) is 11.8 Å². The number of aryl methyl sites for hydroxylation is 1. The molecule has 1 atom stereocenters. The normalized spacial score (nSPS) is 11.8. The first-order chi connectivity index (χ1) is 13.9. The molecule has 2 aromatic carbocycles. The van der Waals surface area contributed by atoms with Gasteiger partial charge >= 0.3 is 0 Å². The molecule has 0 bridgehead atoms. The van der Waals surface area contributed by atoms with E-state index in [1.807, 2.05) is 24.4 Å². The number of aromatic nitrogens is 1. The Hall–Kier alpha value is -3.19. The summed E-state index contributed by atoms with van der Waals surface area (Å²) in [6, 6.07) is 13.4. The molecule has 1 aromatic heterocycles. The SMILES string of the molecule is CCc1csc(C(Cc2ccc(C(N)=O)cc2)NC(=O)Cc2cccc(O)c2)n1. The number of nitrogens with two attached hydrogens (primary N) is 1. The topological polar surface area (TPSA) is 105 Å². The summed E-state index contributed by atoms with van der Waals surface area (Å²) in [5.41, 5.74) is 8.43. The molecule has 0 aliphatic carbocycles. The lowest BCUT2D eigenvalue weighted by Crippen LogP contribution is -2.31. The number of hydrogen-bond donors (Lipinski definition) is 3. The lowest BCUT2D eigenvalue weighted by atomic mass is 10.0. The molecule has 150 valence electrons. The fourth-order valence-corrected chi connectivity index (χ4v) is 3.94. The highest BCUT2D eigenvalue weighted by Gasteiger charge is 2.19. The summed E-state index contributed by atoms with van der Waals surface area (Å²) in [7, 11) is 0. The quantitative estimate of drug-likeness (QED) is 0.531. The van der Waals surface area contributed by atoms with Crippen LogP contribution in [0.25, 0.3) is 0 Å². The Morgan fingerprint density at radius 3 is 2.55 bits per heavy atom. The lowest BCUT2D eigenvalue weighted by Gasteiger charge is -2.17. The molecule has 6 nitrogen and oxygen atoms in total. The number of hydrogen-bond acceptors (Lipinski definition) is 5. The summed E-state index contributed by atoms with van der Waals surface area (Å²) in [5, 5.41) is 15.5. The van der Waals surface area contributed by atoms with Gasteiger partial charge in [-0.3, -0.25) is 9.59 Å². The molecule has 0 radical (unpaired) electrons. The molecular formula is C22H23N3O3S. The number of benzene rings is 2. The molecule has 0 saturated heterocycles. The fourth-order valence-electron chi connectivity index (χ4n) is 2.98. The molecule has 0 aliphatic rings. The van der Waals surface area contributed by atoms with Crippen LogP contribution < -0.4 is 11.1 Å². The average molecular weight is 410 g/mol. The van der Waals surface area contributed by atoms with E-state index < -0.39 is 5.91 Å². The molecule has 1 heterocycles. The maximum absolute atomic E-state index is 12.6. The average Bonchev–Trinajstić information content (AvgIpc) is 3.17. The monoisotopic (exact) mass is 409 g/mol. The molecule has 0 saturated carbocycles. The van der Waals surface area contributed by atoms with Gasteiger partial charge in [0, 0.05) is 10.9 Å². The van der Waals surface area contributed by atoms with Crippen LogP contribution in [0, 0.1) is 0 Å². The number of nitrogens with one attached hydrogen (secondary N) is 1. The van der Waals surface area contributed by atoms with E-state index in [0.29, 0.717) is 12.0 Å². The number of aromatic hydroxyl groups is 1. The minimum Gasteiger partial charge on any atom is -0.508 e. The number of phenolic OH excluding ortho intramolecular Hbond substituents is 1. The number of primary amides is 1. The summed E-state index contributed by atoms with van der Waals surface area (Å²) >= 11 is 1.52. The molecule has 0 fully saturated rings. The highest BCUT2D eigenvalue weighted by Crippen LogP contribution is 2.23. The zero-order chi connectivity index (χ0) is 20.8. The number of carbonyl (C=O) groups excluding carboxylic acids is 2. The largest absolute Gasteiger partial charge is 0.508 e. The third kappa shape index (κ3) is 5.65. The minimum absolute atomic E-state index is 0.133. The smallest absolute Gasteiger partial charge is 0.248 e. The van der Waals surface area contributed by atoms with Gasteiger partial charge in [0.05, 0.1) is 18.2 Å². The van der Waals surface area contributed by atoms with Gasteiger partial charge in [0.25, 0.3) is 0 Å². The minimum atomic E-state index is -0.472.